The van der Waals surface area contributed by atoms with Crippen molar-refractivity contribution in [3.63, 3.8) is 0 Å². The van der Waals surface area contributed by atoms with Crippen LogP contribution in [-0.2, 0) is 29.0 Å². The van der Waals surface area contributed by atoms with Gasteiger partial charge in [0.15, 0.2) is 11.5 Å². The minimum atomic E-state index is -1.19. The van der Waals surface area contributed by atoms with Gasteiger partial charge in [0, 0.05) is 29.9 Å². The molecule has 0 saturated heterocycles. The molecule has 140 valence electrons. The van der Waals surface area contributed by atoms with Gasteiger partial charge in [0.05, 0.1) is 25.8 Å². The van der Waals surface area contributed by atoms with E-state index in [0.717, 1.165) is 12.0 Å². The maximum Gasteiger partial charge on any atom is 0.227 e. The molecule has 2 aromatic rings. The number of ether oxygens (including phenoxy) is 2. The van der Waals surface area contributed by atoms with Crippen molar-refractivity contribution in [1.82, 2.24) is 10.3 Å². The molecule has 8 heteroatoms. The second-order valence-corrected chi connectivity index (χ2v) is 6.47. The highest BCUT2D eigenvalue weighted by atomic mass is 32.1. The van der Waals surface area contributed by atoms with Crippen LogP contribution in [0.4, 0.5) is 0 Å². The Bertz CT molecular complexity index is 760. The first-order chi connectivity index (χ1) is 12.5. The smallest absolute Gasteiger partial charge is 0.227 e. The number of nitrogens with zero attached hydrogens (tertiary/aromatic N) is 1. The van der Waals surface area contributed by atoms with Crippen molar-refractivity contribution in [1.29, 1.82) is 0 Å². The Morgan fingerprint density at radius 1 is 1.31 bits per heavy atom. The largest absolute Gasteiger partial charge is 0.550 e. The van der Waals surface area contributed by atoms with Crippen LogP contribution in [0.3, 0.4) is 0 Å². The molecule has 1 aromatic carbocycles. The van der Waals surface area contributed by atoms with Crippen LogP contribution in [-0.4, -0.2) is 30.6 Å². The van der Waals surface area contributed by atoms with Crippen LogP contribution in [0.5, 0.6) is 11.5 Å². The Kier molecular flexibility index (Phi) is 7.40. The number of rotatable bonds is 10. The van der Waals surface area contributed by atoms with Crippen LogP contribution in [0.1, 0.15) is 29.6 Å². The summed E-state index contributed by atoms with van der Waals surface area (Å²) in [5.41, 5.74) is 1.23. The number of carboxylic acids is 1. The molecule has 7 nitrogen and oxygen atoms in total. The second-order valence-electron chi connectivity index (χ2n) is 5.53. The van der Waals surface area contributed by atoms with Crippen LogP contribution < -0.4 is 19.9 Å². The number of para-hydroxylation sites is 1. The van der Waals surface area contributed by atoms with E-state index < -0.39 is 5.97 Å². The SMILES string of the molecule is CCCOc1c(CNC(=O)Cc2nc(CC(=O)[O-])cs2)cccc1OC. The van der Waals surface area contributed by atoms with Crippen LogP contribution in [0.25, 0.3) is 0 Å². The fourth-order valence-corrected chi connectivity index (χ4v) is 3.07. The van der Waals surface area contributed by atoms with E-state index in [2.05, 4.69) is 10.3 Å². The molecule has 0 bridgehead atoms. The number of amides is 1. The Morgan fingerprint density at radius 3 is 2.81 bits per heavy atom. The highest BCUT2D eigenvalue weighted by Gasteiger charge is 2.13. The van der Waals surface area contributed by atoms with Crippen molar-refractivity contribution in [3.05, 3.63) is 39.8 Å². The predicted octanol–water partition coefficient (Wildman–Crippen LogP) is 1.09. The van der Waals surface area contributed by atoms with E-state index in [1.165, 1.54) is 11.3 Å². The van der Waals surface area contributed by atoms with Gasteiger partial charge in [-0.1, -0.05) is 19.1 Å². The number of carboxylic acid groups (broad SMARTS) is 1. The topological polar surface area (TPSA) is 101 Å². The normalized spacial score (nSPS) is 10.4. The van der Waals surface area contributed by atoms with E-state index in [0.29, 0.717) is 35.4 Å². The fourth-order valence-electron chi connectivity index (χ4n) is 2.28. The summed E-state index contributed by atoms with van der Waals surface area (Å²) in [5.74, 6) is -0.146. The van der Waals surface area contributed by atoms with E-state index in [1.54, 1.807) is 12.5 Å². The second kappa shape index (κ2) is 9.76. The molecule has 1 aromatic heterocycles. The summed E-state index contributed by atoms with van der Waals surface area (Å²) >= 11 is 1.25. The molecular formula is C18H21N2O5S-. The third-order valence-electron chi connectivity index (χ3n) is 3.44. The average molecular weight is 377 g/mol. The third kappa shape index (κ3) is 5.73. The fraction of sp³-hybridized carbons (Fsp3) is 0.389. The summed E-state index contributed by atoms with van der Waals surface area (Å²) in [6, 6.07) is 5.52. The molecular weight excluding hydrogens is 356 g/mol. The summed E-state index contributed by atoms with van der Waals surface area (Å²) in [7, 11) is 1.57. The van der Waals surface area contributed by atoms with Gasteiger partial charge in [-0.25, -0.2) is 4.98 Å². The molecule has 1 heterocycles. The first kappa shape index (κ1) is 19.7. The highest BCUT2D eigenvalue weighted by Crippen LogP contribution is 2.31. The number of nitrogens with one attached hydrogen (secondary N) is 1. The summed E-state index contributed by atoms with van der Waals surface area (Å²) in [5, 5.41) is 15.6. The van der Waals surface area contributed by atoms with Crippen LogP contribution in [0, 0.1) is 0 Å². The lowest BCUT2D eigenvalue weighted by Gasteiger charge is -2.15. The summed E-state index contributed by atoms with van der Waals surface area (Å²) in [6.45, 7) is 2.87. The van der Waals surface area contributed by atoms with Gasteiger partial charge in [-0.3, -0.25) is 4.79 Å². The van der Waals surface area contributed by atoms with E-state index in [9.17, 15) is 14.7 Å². The maximum absolute atomic E-state index is 12.2. The molecule has 0 atom stereocenters. The van der Waals surface area contributed by atoms with Crippen LogP contribution in [0.2, 0.25) is 0 Å². The number of aromatic nitrogens is 1. The van der Waals surface area contributed by atoms with E-state index >= 15 is 0 Å². The summed E-state index contributed by atoms with van der Waals surface area (Å²) in [4.78, 5) is 26.8. The van der Waals surface area contributed by atoms with Crippen molar-refractivity contribution in [2.75, 3.05) is 13.7 Å². The molecule has 26 heavy (non-hydrogen) atoms. The molecule has 0 aliphatic rings. The predicted molar refractivity (Wildman–Crippen MR) is 95.2 cm³/mol. The number of benzene rings is 1. The van der Waals surface area contributed by atoms with Gasteiger partial charge in [-0.05, 0) is 12.5 Å². The van der Waals surface area contributed by atoms with E-state index in [-0.39, 0.29) is 18.7 Å². The van der Waals surface area contributed by atoms with Gasteiger partial charge < -0.3 is 24.7 Å². The quantitative estimate of drug-likeness (QED) is 0.665. The molecule has 0 radical (unpaired) electrons. The molecule has 0 spiro atoms. The summed E-state index contributed by atoms with van der Waals surface area (Å²) < 4.78 is 11.1. The van der Waals surface area contributed by atoms with Crippen LogP contribution in [0.15, 0.2) is 23.6 Å². The lowest BCUT2D eigenvalue weighted by molar-refractivity contribution is -0.304. The van der Waals surface area contributed by atoms with Gasteiger partial charge in [-0.15, -0.1) is 11.3 Å². The average Bonchev–Trinajstić information content (AvgIpc) is 3.04. The third-order valence-corrected chi connectivity index (χ3v) is 4.34. The minimum absolute atomic E-state index is 0.0901. The number of methoxy groups -OCH3 is 1. The van der Waals surface area contributed by atoms with Gasteiger partial charge in [0.2, 0.25) is 5.91 Å². The lowest BCUT2D eigenvalue weighted by Crippen LogP contribution is -2.25. The summed E-state index contributed by atoms with van der Waals surface area (Å²) in [6.07, 6.45) is 0.703. The Labute approximate surface area is 156 Å². The van der Waals surface area contributed by atoms with Crippen molar-refractivity contribution in [2.24, 2.45) is 0 Å². The van der Waals surface area contributed by atoms with E-state index in [1.807, 2.05) is 25.1 Å². The van der Waals surface area contributed by atoms with Gasteiger partial charge in [-0.2, -0.15) is 0 Å². The standard InChI is InChI=1S/C18H22N2O5S/c1-3-7-25-18-12(5-4-6-14(18)24-2)10-19-15(21)9-16-20-13(11-26-16)8-17(22)23/h4-6,11H,3,7-10H2,1-2H3,(H,19,21)(H,22,23)/p-1. The first-order valence-electron chi connectivity index (χ1n) is 8.22. The molecule has 1 amide bonds. The van der Waals surface area contributed by atoms with Gasteiger partial charge in [0.1, 0.15) is 5.01 Å². The molecule has 0 unspecified atom stereocenters. The number of aliphatic carboxylic acids is 1. The maximum atomic E-state index is 12.2. The molecule has 0 aliphatic carbocycles. The Balaban J connectivity index is 1.96. The zero-order chi connectivity index (χ0) is 18.9. The Hall–Kier alpha value is -2.61. The van der Waals surface area contributed by atoms with Crippen molar-refractivity contribution in [3.8, 4) is 11.5 Å². The number of thiazole rings is 1. The number of carbonyl (C=O) groups is 2. The van der Waals surface area contributed by atoms with Crippen molar-refractivity contribution in [2.45, 2.75) is 32.7 Å². The van der Waals surface area contributed by atoms with E-state index in [4.69, 9.17) is 9.47 Å². The van der Waals surface area contributed by atoms with Crippen molar-refractivity contribution < 1.29 is 24.2 Å². The zero-order valence-corrected chi connectivity index (χ0v) is 15.6. The molecule has 0 saturated carbocycles. The molecule has 2 rings (SSSR count). The molecule has 0 aliphatic heterocycles. The van der Waals surface area contributed by atoms with Crippen LogP contribution >= 0.6 is 11.3 Å². The lowest BCUT2D eigenvalue weighted by atomic mass is 10.1. The number of hydrogen-bond donors (Lipinski definition) is 1. The molecule has 1 N–H and O–H groups in total. The Morgan fingerprint density at radius 2 is 2.12 bits per heavy atom. The number of hydrogen-bond acceptors (Lipinski definition) is 7. The minimum Gasteiger partial charge on any atom is -0.550 e. The number of carbonyl (C=O) groups excluding carboxylic acids is 2. The van der Waals surface area contributed by atoms with Gasteiger partial charge in [0.25, 0.3) is 0 Å². The molecule has 0 fully saturated rings. The van der Waals surface area contributed by atoms with Gasteiger partial charge >= 0.3 is 0 Å². The highest BCUT2D eigenvalue weighted by molar-refractivity contribution is 7.09. The first-order valence-corrected chi connectivity index (χ1v) is 9.10. The monoisotopic (exact) mass is 377 g/mol. The zero-order valence-electron chi connectivity index (χ0n) is 14.7. The van der Waals surface area contributed by atoms with Crippen molar-refractivity contribution >= 4 is 23.2 Å².